The van der Waals surface area contributed by atoms with Gasteiger partial charge in [-0.1, -0.05) is 11.6 Å². The van der Waals surface area contributed by atoms with Crippen LogP contribution < -0.4 is 0 Å². The van der Waals surface area contributed by atoms with Crippen molar-refractivity contribution in [2.75, 3.05) is 0 Å². The van der Waals surface area contributed by atoms with Crippen molar-refractivity contribution in [2.24, 2.45) is 0 Å². The van der Waals surface area contributed by atoms with Crippen LogP contribution in [0.3, 0.4) is 0 Å². The summed E-state index contributed by atoms with van der Waals surface area (Å²) in [5.41, 5.74) is 5.15. The van der Waals surface area contributed by atoms with Crippen LogP contribution in [0.15, 0.2) is 24.3 Å². The third-order valence-electron chi connectivity index (χ3n) is 2.37. The first-order valence-electron chi connectivity index (χ1n) is 4.22. The van der Waals surface area contributed by atoms with Crippen molar-refractivity contribution in [3.63, 3.8) is 0 Å². The number of hydrogen-bond donors (Lipinski definition) is 0. The van der Waals surface area contributed by atoms with E-state index in [4.69, 9.17) is 0 Å². The molecule has 12 heavy (non-hydrogen) atoms. The van der Waals surface area contributed by atoms with Gasteiger partial charge in [-0.25, -0.2) is 0 Å². The molecule has 0 aliphatic heterocycles. The maximum atomic E-state index is 4.51. The molecule has 1 aliphatic carbocycles. The van der Waals surface area contributed by atoms with Gasteiger partial charge in [-0.05, 0) is 30.7 Å². The highest BCUT2D eigenvalue weighted by atomic mass is 14.7. The largest absolute Gasteiger partial charge is 0.252 e. The third kappa shape index (κ3) is 0.765. The number of nitrogens with zero attached hydrogens (tertiary/aromatic N) is 1. The van der Waals surface area contributed by atoms with Crippen LogP contribution in [0.25, 0.3) is 10.9 Å². The maximum absolute atomic E-state index is 4.51. The SMILES string of the molecule is Cc1ccc2nc3c(cc2c1)C3. The zero-order valence-electron chi connectivity index (χ0n) is 6.96. The van der Waals surface area contributed by atoms with E-state index >= 15 is 0 Å². The second-order valence-corrected chi connectivity index (χ2v) is 3.47. The van der Waals surface area contributed by atoms with Crippen molar-refractivity contribution in [3.8, 4) is 0 Å². The van der Waals surface area contributed by atoms with E-state index < -0.39 is 0 Å². The minimum atomic E-state index is 1.10. The van der Waals surface area contributed by atoms with E-state index in [-0.39, 0.29) is 0 Å². The normalized spacial score (nSPS) is 13.1. The Balaban J connectivity index is 2.44. The molecule has 0 amide bonds. The lowest BCUT2D eigenvalue weighted by Gasteiger charge is -1.95. The fraction of sp³-hybridized carbons (Fsp3) is 0.182. The lowest BCUT2D eigenvalue weighted by molar-refractivity contribution is 1.36. The summed E-state index contributed by atoms with van der Waals surface area (Å²) in [5.74, 6) is 0. The van der Waals surface area contributed by atoms with Gasteiger partial charge in [0.15, 0.2) is 0 Å². The molecular formula is C11H9N. The zero-order valence-corrected chi connectivity index (χ0v) is 6.96. The van der Waals surface area contributed by atoms with Gasteiger partial charge >= 0.3 is 0 Å². The molecule has 0 unspecified atom stereocenters. The van der Waals surface area contributed by atoms with E-state index in [2.05, 4.69) is 36.2 Å². The highest BCUT2D eigenvalue weighted by Crippen LogP contribution is 2.29. The molecular weight excluding hydrogens is 146 g/mol. The van der Waals surface area contributed by atoms with E-state index in [1.54, 1.807) is 0 Å². The van der Waals surface area contributed by atoms with Crippen LogP contribution >= 0.6 is 0 Å². The van der Waals surface area contributed by atoms with E-state index in [9.17, 15) is 0 Å². The van der Waals surface area contributed by atoms with Crippen LogP contribution in [-0.4, -0.2) is 4.98 Å². The molecule has 1 nitrogen and oxygen atoms in total. The fourth-order valence-corrected chi connectivity index (χ4v) is 1.61. The summed E-state index contributed by atoms with van der Waals surface area (Å²) in [4.78, 5) is 4.51. The van der Waals surface area contributed by atoms with Gasteiger partial charge in [0.2, 0.25) is 0 Å². The predicted molar refractivity (Wildman–Crippen MR) is 49.3 cm³/mol. The van der Waals surface area contributed by atoms with E-state index in [0.717, 1.165) is 11.9 Å². The number of aromatic nitrogens is 1. The minimum absolute atomic E-state index is 1.10. The van der Waals surface area contributed by atoms with E-state index in [1.165, 1.54) is 22.2 Å². The van der Waals surface area contributed by atoms with Crippen molar-refractivity contribution >= 4 is 10.9 Å². The number of hydrogen-bond acceptors (Lipinski definition) is 1. The Bertz CT molecular complexity index is 461. The molecule has 0 saturated heterocycles. The van der Waals surface area contributed by atoms with Gasteiger partial charge < -0.3 is 0 Å². The molecule has 1 aromatic carbocycles. The summed E-state index contributed by atoms with van der Waals surface area (Å²) in [6.45, 7) is 2.12. The van der Waals surface area contributed by atoms with Crippen molar-refractivity contribution in [1.29, 1.82) is 0 Å². The molecule has 1 heteroatoms. The molecule has 1 heterocycles. The molecule has 58 valence electrons. The molecule has 0 fully saturated rings. The van der Waals surface area contributed by atoms with Crippen LogP contribution in [0.1, 0.15) is 16.8 Å². The lowest BCUT2D eigenvalue weighted by atomic mass is 10.1. The van der Waals surface area contributed by atoms with Gasteiger partial charge in [0.1, 0.15) is 0 Å². The zero-order chi connectivity index (χ0) is 8.13. The van der Waals surface area contributed by atoms with Crippen LogP contribution in [0.5, 0.6) is 0 Å². The predicted octanol–water partition coefficient (Wildman–Crippen LogP) is 2.45. The van der Waals surface area contributed by atoms with Gasteiger partial charge in [0.25, 0.3) is 0 Å². The second-order valence-electron chi connectivity index (χ2n) is 3.47. The summed E-state index contributed by atoms with van der Waals surface area (Å²) in [6.07, 6.45) is 1.10. The molecule has 0 atom stereocenters. The quantitative estimate of drug-likeness (QED) is 0.486. The van der Waals surface area contributed by atoms with Gasteiger partial charge in [0, 0.05) is 17.5 Å². The Morgan fingerprint density at radius 1 is 1.25 bits per heavy atom. The highest BCUT2D eigenvalue weighted by Gasteiger charge is 2.18. The topological polar surface area (TPSA) is 12.9 Å². The van der Waals surface area contributed by atoms with Gasteiger partial charge in [-0.15, -0.1) is 0 Å². The Morgan fingerprint density at radius 3 is 3.08 bits per heavy atom. The second kappa shape index (κ2) is 1.86. The number of aryl methyl sites for hydroxylation is 1. The maximum Gasteiger partial charge on any atom is 0.0705 e. The number of rotatable bonds is 0. The third-order valence-corrected chi connectivity index (χ3v) is 2.37. The molecule has 0 spiro atoms. The van der Waals surface area contributed by atoms with Crippen molar-refractivity contribution in [3.05, 3.63) is 41.1 Å². The molecule has 2 aromatic rings. The molecule has 0 N–H and O–H groups in total. The smallest absolute Gasteiger partial charge is 0.0705 e. The van der Waals surface area contributed by atoms with Crippen LogP contribution in [-0.2, 0) is 6.42 Å². The van der Waals surface area contributed by atoms with Crippen molar-refractivity contribution < 1.29 is 0 Å². The average Bonchev–Trinajstić information content (AvgIpc) is 2.77. The van der Waals surface area contributed by atoms with Gasteiger partial charge in [0.05, 0.1) is 5.52 Å². The average molecular weight is 155 g/mol. The Morgan fingerprint density at radius 2 is 2.17 bits per heavy atom. The van der Waals surface area contributed by atoms with Crippen molar-refractivity contribution in [2.45, 2.75) is 13.3 Å². The first-order chi connectivity index (χ1) is 5.83. The standard InChI is InChI=1S/C11H9N/c1-7-2-3-10-8(4-7)5-9-6-11(9)12-10/h2-5H,6H2,1H3. The number of benzene rings is 1. The highest BCUT2D eigenvalue weighted by molar-refractivity contribution is 5.82. The molecule has 1 aromatic heterocycles. The molecule has 3 rings (SSSR count). The van der Waals surface area contributed by atoms with Gasteiger partial charge in [-0.3, -0.25) is 4.98 Å². The molecule has 1 aliphatic rings. The van der Waals surface area contributed by atoms with Crippen molar-refractivity contribution in [1.82, 2.24) is 4.98 Å². The van der Waals surface area contributed by atoms with Crippen LogP contribution in [0.4, 0.5) is 0 Å². The first-order valence-corrected chi connectivity index (χ1v) is 4.22. The Hall–Kier alpha value is -1.37. The first kappa shape index (κ1) is 6.18. The van der Waals surface area contributed by atoms with E-state index in [1.807, 2.05) is 0 Å². The number of pyridine rings is 1. The summed E-state index contributed by atoms with van der Waals surface area (Å²) < 4.78 is 0. The van der Waals surface area contributed by atoms with Crippen LogP contribution in [0, 0.1) is 6.92 Å². The van der Waals surface area contributed by atoms with Gasteiger partial charge in [-0.2, -0.15) is 0 Å². The lowest BCUT2D eigenvalue weighted by Crippen LogP contribution is -1.77. The molecule has 0 saturated carbocycles. The summed E-state index contributed by atoms with van der Waals surface area (Å²) in [7, 11) is 0. The minimum Gasteiger partial charge on any atom is -0.252 e. The summed E-state index contributed by atoms with van der Waals surface area (Å²) >= 11 is 0. The Kier molecular flexibility index (Phi) is 0.959. The summed E-state index contributed by atoms with van der Waals surface area (Å²) in [5, 5.41) is 1.28. The molecule has 0 bridgehead atoms. The Labute approximate surface area is 71.1 Å². The number of fused-ring (bicyclic) bond motifs is 2. The van der Waals surface area contributed by atoms with E-state index in [0.29, 0.717) is 0 Å². The molecule has 0 radical (unpaired) electrons. The summed E-state index contributed by atoms with van der Waals surface area (Å²) in [6, 6.07) is 8.67. The van der Waals surface area contributed by atoms with Crippen LogP contribution in [0.2, 0.25) is 0 Å². The fourth-order valence-electron chi connectivity index (χ4n) is 1.61. The monoisotopic (exact) mass is 155 g/mol.